The first-order valence-corrected chi connectivity index (χ1v) is 11.9. The lowest BCUT2D eigenvalue weighted by Crippen LogP contribution is -2.34. The second-order valence-electron chi connectivity index (χ2n) is 10.3. The zero-order chi connectivity index (χ0) is 24.1. The Balaban J connectivity index is 1.92. The van der Waals surface area contributed by atoms with E-state index in [0.29, 0.717) is 23.2 Å². The summed E-state index contributed by atoms with van der Waals surface area (Å²) in [6, 6.07) is 12.9. The number of hydrogen-bond donors (Lipinski definition) is 3. The average molecular weight is 445 g/mol. The number of phenols is 3. The van der Waals surface area contributed by atoms with Gasteiger partial charge in [0, 0.05) is 5.41 Å². The van der Waals surface area contributed by atoms with Crippen molar-refractivity contribution in [3.05, 3.63) is 86.5 Å². The number of rotatable bonds is 3. The van der Waals surface area contributed by atoms with Crippen LogP contribution in [-0.2, 0) is 5.41 Å². The first-order valence-electron chi connectivity index (χ1n) is 11.9. The lowest BCUT2D eigenvalue weighted by Gasteiger charge is -2.43. The van der Waals surface area contributed by atoms with Gasteiger partial charge in [-0.3, -0.25) is 0 Å². The topological polar surface area (TPSA) is 60.7 Å². The largest absolute Gasteiger partial charge is 0.507 e. The summed E-state index contributed by atoms with van der Waals surface area (Å²) >= 11 is 0. The minimum Gasteiger partial charge on any atom is -0.507 e. The van der Waals surface area contributed by atoms with Gasteiger partial charge >= 0.3 is 0 Å². The standard InChI is InChI=1S/C30H36O3/c1-17-10-24(11-18(2)27(17)31)23-8-7-9-30(16-23,25-12-19(3)28(32)20(4)13-25)26-14-21(5)29(33)22(6)15-26/h10-15,23,31-33H,7-9,16H2,1-6H3. The van der Waals surface area contributed by atoms with E-state index in [-0.39, 0.29) is 5.41 Å². The van der Waals surface area contributed by atoms with Gasteiger partial charge in [0.15, 0.2) is 0 Å². The van der Waals surface area contributed by atoms with Crippen LogP contribution >= 0.6 is 0 Å². The van der Waals surface area contributed by atoms with E-state index in [1.807, 2.05) is 41.5 Å². The summed E-state index contributed by atoms with van der Waals surface area (Å²) in [6.45, 7) is 11.8. The van der Waals surface area contributed by atoms with Crippen molar-refractivity contribution in [1.82, 2.24) is 0 Å². The predicted molar refractivity (Wildman–Crippen MR) is 135 cm³/mol. The summed E-state index contributed by atoms with van der Waals surface area (Å²) in [4.78, 5) is 0. The first-order chi connectivity index (χ1) is 15.5. The molecule has 1 aliphatic rings. The van der Waals surface area contributed by atoms with Crippen LogP contribution in [0.15, 0.2) is 36.4 Å². The third-order valence-corrected chi connectivity index (χ3v) is 7.82. The maximum absolute atomic E-state index is 10.5. The van der Waals surface area contributed by atoms with Crippen LogP contribution in [0.25, 0.3) is 0 Å². The molecular weight excluding hydrogens is 408 g/mol. The minimum absolute atomic E-state index is 0.213. The lowest BCUT2D eigenvalue weighted by atomic mass is 9.60. The molecule has 4 rings (SSSR count). The molecule has 3 nitrogen and oxygen atoms in total. The molecular formula is C30H36O3. The van der Waals surface area contributed by atoms with Crippen LogP contribution in [0.2, 0.25) is 0 Å². The molecule has 0 aliphatic heterocycles. The van der Waals surface area contributed by atoms with Crippen LogP contribution in [0.3, 0.4) is 0 Å². The number of phenolic OH excluding ortho intramolecular Hbond substituents is 3. The summed E-state index contributed by atoms with van der Waals surface area (Å²) in [7, 11) is 0. The highest BCUT2D eigenvalue weighted by Gasteiger charge is 2.41. The van der Waals surface area contributed by atoms with Crippen molar-refractivity contribution in [3.8, 4) is 17.2 Å². The zero-order valence-corrected chi connectivity index (χ0v) is 20.7. The monoisotopic (exact) mass is 444 g/mol. The molecule has 0 aromatic heterocycles. The summed E-state index contributed by atoms with van der Waals surface area (Å²) in [5, 5.41) is 31.3. The van der Waals surface area contributed by atoms with Crippen molar-refractivity contribution in [2.45, 2.75) is 78.6 Å². The van der Waals surface area contributed by atoms with Crippen LogP contribution in [0, 0.1) is 41.5 Å². The van der Waals surface area contributed by atoms with Gasteiger partial charge in [0.2, 0.25) is 0 Å². The van der Waals surface area contributed by atoms with Crippen molar-refractivity contribution in [3.63, 3.8) is 0 Å². The van der Waals surface area contributed by atoms with E-state index in [2.05, 4.69) is 36.4 Å². The zero-order valence-electron chi connectivity index (χ0n) is 20.7. The molecule has 0 saturated heterocycles. The highest BCUT2D eigenvalue weighted by molar-refractivity contribution is 5.53. The Kier molecular flexibility index (Phi) is 5.94. The number of aromatic hydroxyl groups is 3. The van der Waals surface area contributed by atoms with Crippen LogP contribution in [-0.4, -0.2) is 15.3 Å². The van der Waals surface area contributed by atoms with E-state index in [9.17, 15) is 15.3 Å². The average Bonchev–Trinajstić information content (AvgIpc) is 2.78. The normalized spacial score (nSPS) is 17.8. The van der Waals surface area contributed by atoms with Gasteiger partial charge in [-0.05, 0) is 117 Å². The highest BCUT2D eigenvalue weighted by Crippen LogP contribution is 2.52. The molecule has 174 valence electrons. The van der Waals surface area contributed by atoms with Crippen LogP contribution < -0.4 is 0 Å². The fourth-order valence-electron chi connectivity index (χ4n) is 5.94. The molecule has 1 fully saturated rings. The van der Waals surface area contributed by atoms with Crippen molar-refractivity contribution >= 4 is 0 Å². The number of aryl methyl sites for hydroxylation is 6. The van der Waals surface area contributed by atoms with Crippen molar-refractivity contribution in [1.29, 1.82) is 0 Å². The third kappa shape index (κ3) is 3.99. The van der Waals surface area contributed by atoms with Crippen LogP contribution in [0.4, 0.5) is 0 Å². The van der Waals surface area contributed by atoms with E-state index < -0.39 is 0 Å². The highest BCUT2D eigenvalue weighted by atomic mass is 16.3. The van der Waals surface area contributed by atoms with Crippen molar-refractivity contribution in [2.24, 2.45) is 0 Å². The van der Waals surface area contributed by atoms with Gasteiger partial charge in [0.05, 0.1) is 0 Å². The molecule has 1 saturated carbocycles. The fraction of sp³-hybridized carbons (Fsp3) is 0.400. The summed E-state index contributed by atoms with van der Waals surface area (Å²) in [6.07, 6.45) is 4.16. The number of benzene rings is 3. The maximum Gasteiger partial charge on any atom is 0.121 e. The molecule has 1 aliphatic carbocycles. The quantitative estimate of drug-likeness (QED) is 0.397. The third-order valence-electron chi connectivity index (χ3n) is 7.82. The molecule has 3 N–H and O–H groups in total. The second-order valence-corrected chi connectivity index (χ2v) is 10.3. The van der Waals surface area contributed by atoms with Gasteiger partial charge < -0.3 is 15.3 Å². The smallest absolute Gasteiger partial charge is 0.121 e. The van der Waals surface area contributed by atoms with Gasteiger partial charge in [-0.25, -0.2) is 0 Å². The predicted octanol–water partition coefficient (Wildman–Crippen LogP) is 7.30. The Morgan fingerprint density at radius 2 is 0.970 bits per heavy atom. The fourth-order valence-corrected chi connectivity index (χ4v) is 5.94. The lowest BCUT2D eigenvalue weighted by molar-refractivity contribution is 0.309. The molecule has 33 heavy (non-hydrogen) atoms. The van der Waals surface area contributed by atoms with Gasteiger partial charge in [0.25, 0.3) is 0 Å². The molecule has 3 aromatic rings. The Hall–Kier alpha value is -2.94. The van der Waals surface area contributed by atoms with Crippen molar-refractivity contribution < 1.29 is 15.3 Å². The summed E-state index contributed by atoms with van der Waals surface area (Å²) in [5.41, 5.74) is 8.98. The second kappa shape index (κ2) is 8.44. The maximum atomic E-state index is 10.5. The molecule has 0 spiro atoms. The molecule has 0 amide bonds. The molecule has 0 bridgehead atoms. The Bertz CT molecular complexity index is 1090. The summed E-state index contributed by atoms with van der Waals surface area (Å²) in [5.74, 6) is 1.48. The Morgan fingerprint density at radius 3 is 1.36 bits per heavy atom. The van der Waals surface area contributed by atoms with E-state index >= 15 is 0 Å². The van der Waals surface area contributed by atoms with Gasteiger partial charge in [-0.15, -0.1) is 0 Å². The SMILES string of the molecule is Cc1cc(C2CCCC(c3cc(C)c(O)c(C)c3)(c3cc(C)c(O)c(C)c3)C2)cc(C)c1O. The Labute approximate surface area is 197 Å². The first kappa shape index (κ1) is 23.2. The minimum atomic E-state index is -0.213. The van der Waals surface area contributed by atoms with E-state index in [0.717, 1.165) is 59.1 Å². The van der Waals surface area contributed by atoms with E-state index in [1.54, 1.807) is 0 Å². The van der Waals surface area contributed by atoms with Gasteiger partial charge in [-0.2, -0.15) is 0 Å². The molecule has 0 heterocycles. The summed E-state index contributed by atoms with van der Waals surface area (Å²) < 4.78 is 0. The Morgan fingerprint density at radius 1 is 0.606 bits per heavy atom. The molecule has 1 atom stereocenters. The van der Waals surface area contributed by atoms with Crippen LogP contribution in [0.5, 0.6) is 17.2 Å². The van der Waals surface area contributed by atoms with Crippen molar-refractivity contribution in [2.75, 3.05) is 0 Å². The molecule has 0 radical (unpaired) electrons. The van der Waals surface area contributed by atoms with E-state index in [1.165, 1.54) is 16.7 Å². The van der Waals surface area contributed by atoms with E-state index in [4.69, 9.17) is 0 Å². The molecule has 3 aromatic carbocycles. The molecule has 3 heteroatoms. The number of hydrogen-bond acceptors (Lipinski definition) is 3. The van der Waals surface area contributed by atoms with Gasteiger partial charge in [-0.1, -0.05) is 42.8 Å². The molecule has 1 unspecified atom stereocenters. The van der Waals surface area contributed by atoms with Crippen LogP contribution in [0.1, 0.15) is 81.7 Å². The van der Waals surface area contributed by atoms with Gasteiger partial charge in [0.1, 0.15) is 17.2 Å².